The molecule has 0 saturated heterocycles. The van der Waals surface area contributed by atoms with Gasteiger partial charge in [-0.1, -0.05) is 36.1 Å². The first kappa shape index (κ1) is 10.4. The van der Waals surface area contributed by atoms with Crippen molar-refractivity contribution in [2.75, 3.05) is 0 Å². The van der Waals surface area contributed by atoms with Crippen molar-refractivity contribution < 1.29 is 8.78 Å². The second-order valence-corrected chi connectivity index (χ2v) is 3.77. The lowest BCUT2D eigenvalue weighted by molar-refractivity contribution is 0.252. The summed E-state index contributed by atoms with van der Waals surface area (Å²) in [5.41, 5.74) is 6.03. The second-order valence-electron chi connectivity index (χ2n) is 2.27. The number of thiocarbonyl (C=S) groups is 1. The Morgan fingerprint density at radius 1 is 1.31 bits per heavy atom. The van der Waals surface area contributed by atoms with Gasteiger partial charge in [0.25, 0.3) is 5.76 Å². The summed E-state index contributed by atoms with van der Waals surface area (Å²) in [6.07, 6.45) is 0. The number of nitrogens with two attached hydrogens (primary N) is 1. The molecule has 2 N–H and O–H groups in total. The Balaban J connectivity index is 2.75. The Hall–Kier alpha value is -0.680. The van der Waals surface area contributed by atoms with Gasteiger partial charge in [-0.05, 0) is 12.1 Å². The summed E-state index contributed by atoms with van der Waals surface area (Å²) in [6, 6.07) is 6.41. The highest BCUT2D eigenvalue weighted by Crippen LogP contribution is 2.24. The minimum absolute atomic E-state index is 0.272. The number of benzene rings is 1. The smallest absolute Gasteiger partial charge is 0.288 e. The molecule has 1 nitrogen and oxygen atoms in total. The molecule has 0 saturated carbocycles. The maximum absolute atomic E-state index is 11.9. The molecule has 0 fully saturated rings. The van der Waals surface area contributed by atoms with Gasteiger partial charge in [-0.2, -0.15) is 8.78 Å². The van der Waals surface area contributed by atoms with Crippen molar-refractivity contribution in [3.8, 4) is 0 Å². The minimum Gasteiger partial charge on any atom is -0.389 e. The molecule has 1 aromatic rings. The van der Waals surface area contributed by atoms with Crippen molar-refractivity contribution in [2.24, 2.45) is 5.73 Å². The van der Waals surface area contributed by atoms with Crippen LogP contribution in [0.4, 0.5) is 8.78 Å². The molecule has 0 spiro atoms. The van der Waals surface area contributed by atoms with Gasteiger partial charge in [0, 0.05) is 10.5 Å². The van der Waals surface area contributed by atoms with Gasteiger partial charge in [0.2, 0.25) is 0 Å². The van der Waals surface area contributed by atoms with E-state index in [1.807, 2.05) is 0 Å². The Morgan fingerprint density at radius 3 is 2.23 bits per heavy atom. The lowest BCUT2D eigenvalue weighted by atomic mass is 10.2. The monoisotopic (exact) mass is 219 g/mol. The zero-order valence-corrected chi connectivity index (χ0v) is 8.17. The van der Waals surface area contributed by atoms with E-state index in [4.69, 9.17) is 18.0 Å². The summed E-state index contributed by atoms with van der Waals surface area (Å²) in [5, 5.41) is 0. The highest BCUT2D eigenvalue weighted by atomic mass is 32.2. The SMILES string of the molecule is NC(=S)c1ccc(SC(F)F)cc1. The fourth-order valence-corrected chi connectivity index (χ4v) is 1.44. The highest BCUT2D eigenvalue weighted by molar-refractivity contribution is 7.99. The molecule has 0 aliphatic rings. The van der Waals surface area contributed by atoms with Gasteiger partial charge in [-0.25, -0.2) is 0 Å². The molecule has 0 radical (unpaired) electrons. The van der Waals surface area contributed by atoms with E-state index in [-0.39, 0.29) is 4.99 Å². The van der Waals surface area contributed by atoms with Crippen molar-refractivity contribution >= 4 is 29.0 Å². The van der Waals surface area contributed by atoms with Gasteiger partial charge < -0.3 is 5.73 Å². The largest absolute Gasteiger partial charge is 0.389 e. The first-order chi connectivity index (χ1) is 6.09. The van der Waals surface area contributed by atoms with Crippen LogP contribution < -0.4 is 5.73 Å². The van der Waals surface area contributed by atoms with Gasteiger partial charge in [-0.3, -0.25) is 0 Å². The van der Waals surface area contributed by atoms with Crippen molar-refractivity contribution in [2.45, 2.75) is 10.7 Å². The number of thioether (sulfide) groups is 1. The summed E-state index contributed by atoms with van der Waals surface area (Å²) in [5.74, 6) is -2.39. The van der Waals surface area contributed by atoms with E-state index in [0.717, 1.165) is 0 Å². The maximum Gasteiger partial charge on any atom is 0.288 e. The number of halogens is 2. The van der Waals surface area contributed by atoms with Crippen LogP contribution in [0.15, 0.2) is 29.2 Å². The summed E-state index contributed by atoms with van der Waals surface area (Å²) >= 11 is 5.22. The zero-order chi connectivity index (χ0) is 9.84. The summed E-state index contributed by atoms with van der Waals surface area (Å²) in [4.78, 5) is 0.781. The van der Waals surface area contributed by atoms with E-state index in [0.29, 0.717) is 22.2 Å². The molecule has 0 atom stereocenters. The van der Waals surface area contributed by atoms with Gasteiger partial charge in [-0.15, -0.1) is 0 Å². The predicted molar refractivity (Wildman–Crippen MR) is 54.2 cm³/mol. The summed E-state index contributed by atoms with van der Waals surface area (Å²) in [6.45, 7) is 0. The molecule has 0 aliphatic carbocycles. The third-order valence-corrected chi connectivity index (χ3v) is 2.32. The van der Waals surface area contributed by atoms with Crippen LogP contribution in [0.1, 0.15) is 5.56 Å². The lowest BCUT2D eigenvalue weighted by Gasteiger charge is -2.01. The van der Waals surface area contributed by atoms with Crippen molar-refractivity contribution in [3.05, 3.63) is 29.8 Å². The molecule has 13 heavy (non-hydrogen) atoms. The third-order valence-electron chi connectivity index (χ3n) is 1.36. The van der Waals surface area contributed by atoms with E-state index in [1.54, 1.807) is 24.3 Å². The second kappa shape index (κ2) is 4.53. The molecule has 1 rings (SSSR count). The van der Waals surface area contributed by atoms with Gasteiger partial charge in [0.05, 0.1) is 0 Å². The zero-order valence-electron chi connectivity index (χ0n) is 6.54. The number of hydrogen-bond donors (Lipinski definition) is 1. The Morgan fingerprint density at radius 2 is 1.85 bits per heavy atom. The fourth-order valence-electron chi connectivity index (χ4n) is 0.801. The Kier molecular flexibility index (Phi) is 3.62. The van der Waals surface area contributed by atoms with Crippen LogP contribution >= 0.6 is 24.0 Å². The molecular formula is C8H7F2NS2. The molecule has 0 unspecified atom stereocenters. The van der Waals surface area contributed by atoms with E-state index in [9.17, 15) is 8.78 Å². The van der Waals surface area contributed by atoms with Crippen molar-refractivity contribution in [3.63, 3.8) is 0 Å². The van der Waals surface area contributed by atoms with Crippen LogP contribution in [-0.4, -0.2) is 10.7 Å². The van der Waals surface area contributed by atoms with Crippen LogP contribution in [0.2, 0.25) is 0 Å². The number of alkyl halides is 2. The summed E-state index contributed by atoms with van der Waals surface area (Å²) in [7, 11) is 0. The Labute approximate surface area is 84.3 Å². The first-order valence-corrected chi connectivity index (χ1v) is 4.73. The van der Waals surface area contributed by atoms with Crippen molar-refractivity contribution in [1.82, 2.24) is 0 Å². The predicted octanol–water partition coefficient (Wildman–Crippen LogP) is 2.64. The van der Waals surface area contributed by atoms with Crippen LogP contribution in [0, 0.1) is 0 Å². The molecule has 0 bridgehead atoms. The molecule has 0 heterocycles. The average Bonchev–Trinajstić information content (AvgIpc) is 2.04. The third kappa shape index (κ3) is 3.28. The lowest BCUT2D eigenvalue weighted by Crippen LogP contribution is -2.08. The molecule has 0 aliphatic heterocycles. The quantitative estimate of drug-likeness (QED) is 0.625. The Bertz CT molecular complexity index is 298. The topological polar surface area (TPSA) is 26.0 Å². The van der Waals surface area contributed by atoms with E-state index < -0.39 is 5.76 Å². The van der Waals surface area contributed by atoms with Crippen LogP contribution in [0.5, 0.6) is 0 Å². The normalized spacial score (nSPS) is 10.4. The van der Waals surface area contributed by atoms with Crippen LogP contribution in [-0.2, 0) is 0 Å². The molecule has 0 amide bonds. The van der Waals surface area contributed by atoms with Crippen LogP contribution in [0.3, 0.4) is 0 Å². The van der Waals surface area contributed by atoms with Gasteiger partial charge in [0.15, 0.2) is 0 Å². The molecule has 70 valence electrons. The van der Waals surface area contributed by atoms with Crippen molar-refractivity contribution in [1.29, 1.82) is 0 Å². The molecule has 1 aromatic carbocycles. The van der Waals surface area contributed by atoms with Gasteiger partial charge >= 0.3 is 0 Å². The maximum atomic E-state index is 11.9. The van der Waals surface area contributed by atoms with Gasteiger partial charge in [0.1, 0.15) is 4.99 Å². The first-order valence-electron chi connectivity index (χ1n) is 3.44. The minimum atomic E-state index is -2.39. The van der Waals surface area contributed by atoms with E-state index in [1.165, 1.54) is 0 Å². The molecule has 5 heteroatoms. The van der Waals surface area contributed by atoms with E-state index >= 15 is 0 Å². The average molecular weight is 219 g/mol. The standard InChI is InChI=1S/C8H7F2NS2/c9-8(10)13-6-3-1-5(2-4-6)7(11)12/h1-4,8H,(H2,11,12). The molecule has 0 aromatic heterocycles. The van der Waals surface area contributed by atoms with Crippen LogP contribution in [0.25, 0.3) is 0 Å². The fraction of sp³-hybridized carbons (Fsp3) is 0.125. The number of hydrogen-bond acceptors (Lipinski definition) is 2. The van der Waals surface area contributed by atoms with E-state index in [2.05, 4.69) is 0 Å². The number of rotatable bonds is 3. The molecular weight excluding hydrogens is 212 g/mol. The summed E-state index contributed by atoms with van der Waals surface area (Å²) < 4.78 is 23.8. The highest BCUT2D eigenvalue weighted by Gasteiger charge is 2.04.